The topological polar surface area (TPSA) is 80.9 Å². The van der Waals surface area contributed by atoms with E-state index < -0.39 is 6.04 Å². The van der Waals surface area contributed by atoms with Gasteiger partial charge in [0.05, 0.1) is 18.3 Å². The first-order chi connectivity index (χ1) is 6.59. The summed E-state index contributed by atoms with van der Waals surface area (Å²) in [5.74, 6) is -0.221. The molecule has 3 N–H and O–H groups in total. The van der Waals surface area contributed by atoms with E-state index in [2.05, 4.69) is 15.5 Å². The van der Waals surface area contributed by atoms with Gasteiger partial charge in [0.15, 0.2) is 5.15 Å². The monoisotopic (exact) mass is 214 g/mol. The van der Waals surface area contributed by atoms with Crippen LogP contribution in [0.4, 0.5) is 0 Å². The molecule has 0 fully saturated rings. The molecule has 1 atom stereocenters. The van der Waals surface area contributed by atoms with Crippen molar-refractivity contribution in [3.8, 4) is 0 Å². The van der Waals surface area contributed by atoms with Crippen molar-refractivity contribution in [3.63, 3.8) is 0 Å². The molecule has 1 amide bonds. The Morgan fingerprint density at radius 3 is 2.86 bits per heavy atom. The molecule has 1 heterocycles. The number of aromatic nitrogens is 2. The maximum Gasteiger partial charge on any atom is 0.236 e. The van der Waals surface area contributed by atoms with Gasteiger partial charge in [-0.25, -0.2) is 0 Å². The van der Waals surface area contributed by atoms with E-state index in [9.17, 15) is 4.79 Å². The van der Waals surface area contributed by atoms with E-state index in [1.807, 2.05) is 0 Å². The lowest BCUT2D eigenvalue weighted by Gasteiger charge is -2.06. The number of rotatable bonds is 3. The molecule has 0 aromatic carbocycles. The average Bonchev–Trinajstić information content (AvgIpc) is 2.16. The first-order valence-electron chi connectivity index (χ1n) is 4.11. The van der Waals surface area contributed by atoms with Crippen LogP contribution in [0, 0.1) is 0 Å². The number of nitrogens with two attached hydrogens (primary N) is 1. The Hall–Kier alpha value is -1.20. The lowest BCUT2D eigenvalue weighted by molar-refractivity contribution is -0.122. The van der Waals surface area contributed by atoms with Crippen molar-refractivity contribution in [2.45, 2.75) is 19.5 Å². The first kappa shape index (κ1) is 10.9. The lowest BCUT2D eigenvalue weighted by atomic mass is 10.3. The third-order valence-electron chi connectivity index (χ3n) is 1.54. The molecule has 1 aromatic rings. The summed E-state index contributed by atoms with van der Waals surface area (Å²) in [6.07, 6.45) is 0. The van der Waals surface area contributed by atoms with E-state index in [1.165, 1.54) is 0 Å². The van der Waals surface area contributed by atoms with Crippen LogP contribution in [-0.4, -0.2) is 22.1 Å². The minimum Gasteiger partial charge on any atom is -0.349 e. The molecule has 0 saturated carbocycles. The van der Waals surface area contributed by atoms with E-state index in [0.29, 0.717) is 17.4 Å². The number of hydrogen-bond donors (Lipinski definition) is 2. The maximum atomic E-state index is 11.1. The van der Waals surface area contributed by atoms with Gasteiger partial charge in [-0.1, -0.05) is 11.6 Å². The van der Waals surface area contributed by atoms with E-state index in [-0.39, 0.29) is 5.91 Å². The zero-order chi connectivity index (χ0) is 10.6. The van der Waals surface area contributed by atoms with Crippen LogP contribution >= 0.6 is 11.6 Å². The number of halogens is 1. The van der Waals surface area contributed by atoms with Crippen molar-refractivity contribution in [3.05, 3.63) is 23.0 Å². The quantitative estimate of drug-likeness (QED) is 0.748. The molecule has 0 saturated heterocycles. The Bertz CT molecular complexity index is 312. The lowest BCUT2D eigenvalue weighted by Crippen LogP contribution is -2.37. The van der Waals surface area contributed by atoms with Gasteiger partial charge in [-0.05, 0) is 19.1 Å². The summed E-state index contributed by atoms with van der Waals surface area (Å²) in [7, 11) is 0. The van der Waals surface area contributed by atoms with Crippen LogP contribution in [-0.2, 0) is 11.3 Å². The molecule has 0 aliphatic heterocycles. The van der Waals surface area contributed by atoms with Gasteiger partial charge in [0.1, 0.15) is 0 Å². The van der Waals surface area contributed by atoms with Gasteiger partial charge >= 0.3 is 0 Å². The van der Waals surface area contributed by atoms with Crippen LogP contribution in [0.5, 0.6) is 0 Å². The number of hydrogen-bond acceptors (Lipinski definition) is 4. The van der Waals surface area contributed by atoms with Gasteiger partial charge < -0.3 is 11.1 Å². The van der Waals surface area contributed by atoms with Gasteiger partial charge in [-0.15, -0.1) is 5.10 Å². The second-order valence-corrected chi connectivity index (χ2v) is 3.24. The normalized spacial score (nSPS) is 12.2. The summed E-state index contributed by atoms with van der Waals surface area (Å²) in [6, 6.07) is 2.79. The van der Waals surface area contributed by atoms with E-state index in [0.717, 1.165) is 0 Å². The number of carbonyl (C=O) groups is 1. The molecule has 1 rings (SSSR count). The molecule has 76 valence electrons. The van der Waals surface area contributed by atoms with Crippen molar-refractivity contribution < 1.29 is 4.79 Å². The summed E-state index contributed by atoms with van der Waals surface area (Å²) in [5.41, 5.74) is 6.00. The standard InChI is InChI=1S/C8H11ClN4O/c1-5(10)8(14)11-4-6-2-3-7(9)13-12-6/h2-3,5H,4,10H2,1H3,(H,11,14). The fourth-order valence-electron chi connectivity index (χ4n) is 0.777. The Balaban J connectivity index is 2.46. The summed E-state index contributed by atoms with van der Waals surface area (Å²) in [4.78, 5) is 11.1. The Kier molecular flexibility index (Phi) is 3.79. The third-order valence-corrected chi connectivity index (χ3v) is 1.75. The van der Waals surface area contributed by atoms with Crippen LogP contribution in [0.15, 0.2) is 12.1 Å². The molecule has 1 aromatic heterocycles. The number of amides is 1. The van der Waals surface area contributed by atoms with Crippen LogP contribution < -0.4 is 11.1 Å². The molecule has 0 aliphatic rings. The van der Waals surface area contributed by atoms with Crippen molar-refractivity contribution >= 4 is 17.5 Å². The van der Waals surface area contributed by atoms with Gasteiger partial charge in [0, 0.05) is 0 Å². The fraction of sp³-hybridized carbons (Fsp3) is 0.375. The third kappa shape index (κ3) is 3.27. The average molecular weight is 215 g/mol. The van der Waals surface area contributed by atoms with Gasteiger partial charge in [0.25, 0.3) is 0 Å². The van der Waals surface area contributed by atoms with Crippen molar-refractivity contribution in [1.82, 2.24) is 15.5 Å². The number of nitrogens with zero attached hydrogens (tertiary/aromatic N) is 2. The Morgan fingerprint density at radius 1 is 1.64 bits per heavy atom. The van der Waals surface area contributed by atoms with E-state index >= 15 is 0 Å². The molecule has 0 spiro atoms. The van der Waals surface area contributed by atoms with Gasteiger partial charge in [-0.2, -0.15) is 5.10 Å². The highest BCUT2D eigenvalue weighted by molar-refractivity contribution is 6.29. The summed E-state index contributed by atoms with van der Waals surface area (Å²) in [6.45, 7) is 1.92. The van der Waals surface area contributed by atoms with Crippen LogP contribution in [0.3, 0.4) is 0 Å². The SMILES string of the molecule is CC(N)C(=O)NCc1ccc(Cl)nn1. The van der Waals surface area contributed by atoms with E-state index in [1.54, 1.807) is 19.1 Å². The predicted molar refractivity (Wildman–Crippen MR) is 52.5 cm³/mol. The molecule has 0 aliphatic carbocycles. The molecular weight excluding hydrogens is 204 g/mol. The minimum atomic E-state index is -0.518. The highest BCUT2D eigenvalue weighted by Crippen LogP contribution is 2.01. The largest absolute Gasteiger partial charge is 0.349 e. The molecule has 0 radical (unpaired) electrons. The second-order valence-electron chi connectivity index (χ2n) is 2.85. The predicted octanol–water partition coefficient (Wildman–Crippen LogP) is 0.0934. The van der Waals surface area contributed by atoms with Crippen LogP contribution in [0.1, 0.15) is 12.6 Å². The highest BCUT2D eigenvalue weighted by Gasteiger charge is 2.06. The zero-order valence-electron chi connectivity index (χ0n) is 7.70. The van der Waals surface area contributed by atoms with Crippen LogP contribution in [0.25, 0.3) is 0 Å². The summed E-state index contributed by atoms with van der Waals surface area (Å²) < 4.78 is 0. The Labute approximate surface area is 86.7 Å². The van der Waals surface area contributed by atoms with Crippen molar-refractivity contribution in [2.75, 3.05) is 0 Å². The molecule has 14 heavy (non-hydrogen) atoms. The van der Waals surface area contributed by atoms with Crippen molar-refractivity contribution in [2.24, 2.45) is 5.73 Å². The first-order valence-corrected chi connectivity index (χ1v) is 4.49. The molecule has 6 heteroatoms. The fourth-order valence-corrected chi connectivity index (χ4v) is 0.877. The van der Waals surface area contributed by atoms with Gasteiger partial charge in [-0.3, -0.25) is 4.79 Å². The Morgan fingerprint density at radius 2 is 2.36 bits per heavy atom. The second kappa shape index (κ2) is 4.88. The zero-order valence-corrected chi connectivity index (χ0v) is 8.45. The smallest absolute Gasteiger partial charge is 0.236 e. The summed E-state index contributed by atoms with van der Waals surface area (Å²) >= 11 is 5.54. The highest BCUT2D eigenvalue weighted by atomic mass is 35.5. The molecule has 0 bridgehead atoms. The molecular formula is C8H11ClN4O. The summed E-state index contributed by atoms with van der Waals surface area (Å²) in [5, 5.41) is 10.3. The molecule has 5 nitrogen and oxygen atoms in total. The van der Waals surface area contributed by atoms with E-state index in [4.69, 9.17) is 17.3 Å². The van der Waals surface area contributed by atoms with Crippen molar-refractivity contribution in [1.29, 1.82) is 0 Å². The minimum absolute atomic E-state index is 0.221. The maximum absolute atomic E-state index is 11.1. The number of nitrogens with one attached hydrogen (secondary N) is 1. The van der Waals surface area contributed by atoms with Crippen LogP contribution in [0.2, 0.25) is 5.15 Å². The molecule has 1 unspecified atom stereocenters. The number of carbonyl (C=O) groups excluding carboxylic acids is 1. The van der Waals surface area contributed by atoms with Gasteiger partial charge in [0.2, 0.25) is 5.91 Å².